The standard InChI is InChI=1S/C4H3FN2O2.Na.H2Se.H/c5-2-1-6-4(9)7-3(2)8;;;/h1H,(H2,6,7,8,9);;1H2;. The van der Waals surface area contributed by atoms with Crippen molar-refractivity contribution in [2.75, 3.05) is 0 Å². The molecule has 4 nitrogen and oxygen atoms in total. The minimum atomic E-state index is -1.00. The van der Waals surface area contributed by atoms with Crippen LogP contribution in [0.1, 0.15) is 0 Å². The maximum absolute atomic E-state index is 12.0. The molecule has 2 N–H and O–H groups in total. The topological polar surface area (TPSA) is 65.7 Å². The van der Waals surface area contributed by atoms with Crippen LogP contribution in [-0.4, -0.2) is 56.6 Å². The van der Waals surface area contributed by atoms with Crippen molar-refractivity contribution in [3.8, 4) is 0 Å². The summed E-state index contributed by atoms with van der Waals surface area (Å²) in [6, 6.07) is 0. The molecule has 0 unspecified atom stereocenters. The van der Waals surface area contributed by atoms with Crippen molar-refractivity contribution < 1.29 is 4.39 Å². The number of hydrogen-bond acceptors (Lipinski definition) is 2. The van der Waals surface area contributed by atoms with Crippen molar-refractivity contribution in [3.63, 3.8) is 0 Å². The van der Waals surface area contributed by atoms with Gasteiger partial charge in [0.05, 0.1) is 0 Å². The summed E-state index contributed by atoms with van der Waals surface area (Å²) >= 11 is 0. The van der Waals surface area contributed by atoms with Gasteiger partial charge in [0.15, 0.2) is 0 Å². The Morgan fingerprint density at radius 2 is 1.91 bits per heavy atom. The van der Waals surface area contributed by atoms with Gasteiger partial charge in [0.1, 0.15) is 0 Å². The Morgan fingerprint density at radius 1 is 1.36 bits per heavy atom. The van der Waals surface area contributed by atoms with E-state index in [4.69, 9.17) is 0 Å². The zero-order valence-corrected chi connectivity index (χ0v) is 6.87. The molecule has 1 aromatic heterocycles. The van der Waals surface area contributed by atoms with E-state index in [1.807, 2.05) is 4.98 Å². The van der Waals surface area contributed by atoms with Gasteiger partial charge in [0.2, 0.25) is 5.82 Å². The Hall–Kier alpha value is 0.129. The van der Waals surface area contributed by atoms with Crippen LogP contribution in [0, 0.1) is 5.82 Å². The summed E-state index contributed by atoms with van der Waals surface area (Å²) in [5.41, 5.74) is -1.71. The number of nitrogens with one attached hydrogen (secondary N) is 2. The van der Waals surface area contributed by atoms with Gasteiger partial charge < -0.3 is 4.98 Å². The minimum absolute atomic E-state index is 0. The van der Waals surface area contributed by atoms with Crippen LogP contribution < -0.4 is 11.2 Å². The van der Waals surface area contributed by atoms with E-state index in [1.54, 1.807) is 4.98 Å². The van der Waals surface area contributed by atoms with E-state index in [0.717, 1.165) is 0 Å². The molecule has 0 amide bonds. The molecule has 0 spiro atoms. The van der Waals surface area contributed by atoms with E-state index >= 15 is 0 Å². The second-order valence-corrected chi connectivity index (χ2v) is 1.42. The van der Waals surface area contributed by atoms with Gasteiger partial charge in [-0.2, -0.15) is 4.39 Å². The van der Waals surface area contributed by atoms with E-state index in [0.29, 0.717) is 6.20 Å². The third-order valence-corrected chi connectivity index (χ3v) is 0.774. The molecule has 0 aliphatic rings. The van der Waals surface area contributed by atoms with E-state index in [-0.39, 0.29) is 46.6 Å². The van der Waals surface area contributed by atoms with Crippen LogP contribution in [0.15, 0.2) is 15.8 Å². The molecule has 7 heteroatoms. The summed E-state index contributed by atoms with van der Waals surface area (Å²) in [6.45, 7) is 0. The monoisotopic (exact) mass is 236 g/mol. The molecule has 0 saturated carbocycles. The van der Waals surface area contributed by atoms with Gasteiger partial charge in [0, 0.05) is 6.20 Å². The summed E-state index contributed by atoms with van der Waals surface area (Å²) < 4.78 is 12.0. The van der Waals surface area contributed by atoms with Crippen LogP contribution >= 0.6 is 0 Å². The zero-order chi connectivity index (χ0) is 6.85. The van der Waals surface area contributed by atoms with Crippen LogP contribution in [0.25, 0.3) is 0 Å². The van der Waals surface area contributed by atoms with Gasteiger partial charge >= 0.3 is 52.3 Å². The van der Waals surface area contributed by atoms with Crippen molar-refractivity contribution in [2.24, 2.45) is 0 Å². The Labute approximate surface area is 93.4 Å². The summed E-state index contributed by atoms with van der Waals surface area (Å²) in [5, 5.41) is 0. The molecule has 1 heterocycles. The first-order valence-corrected chi connectivity index (χ1v) is 2.17. The second-order valence-electron chi connectivity index (χ2n) is 1.42. The van der Waals surface area contributed by atoms with E-state index in [9.17, 15) is 14.0 Å². The van der Waals surface area contributed by atoms with Crippen molar-refractivity contribution in [1.29, 1.82) is 0 Å². The first-order valence-electron chi connectivity index (χ1n) is 2.17. The Bertz CT molecular complexity index is 322. The molecule has 0 aliphatic heterocycles. The van der Waals surface area contributed by atoms with Crippen LogP contribution in [0.2, 0.25) is 0 Å². The fourth-order valence-electron chi connectivity index (χ4n) is 0.393. The summed E-state index contributed by atoms with van der Waals surface area (Å²) in [4.78, 5) is 24.0. The number of halogens is 1. The number of aromatic nitrogens is 2. The molecule has 58 valence electrons. The molecule has 0 atom stereocenters. The fourth-order valence-corrected chi connectivity index (χ4v) is 0.393. The molecule has 11 heavy (non-hydrogen) atoms. The summed E-state index contributed by atoms with van der Waals surface area (Å²) in [7, 11) is 0. The van der Waals surface area contributed by atoms with Crippen LogP contribution in [0.3, 0.4) is 0 Å². The average Bonchev–Trinajstić information content (AvgIpc) is 1.80. The first kappa shape index (κ1) is 13.7. The molecule has 0 aromatic carbocycles. The van der Waals surface area contributed by atoms with Crippen LogP contribution in [-0.2, 0) is 0 Å². The Kier molecular flexibility index (Phi) is 7.15. The van der Waals surface area contributed by atoms with E-state index < -0.39 is 17.1 Å². The van der Waals surface area contributed by atoms with Gasteiger partial charge in [-0.05, 0) is 0 Å². The average molecular weight is 235 g/mol. The predicted molar refractivity (Wildman–Crippen MR) is 43.3 cm³/mol. The number of hydrogen-bond donors (Lipinski definition) is 2. The van der Waals surface area contributed by atoms with Crippen molar-refractivity contribution in [3.05, 3.63) is 32.9 Å². The van der Waals surface area contributed by atoms with Gasteiger partial charge in [-0.25, -0.2) is 4.79 Å². The van der Waals surface area contributed by atoms with Crippen molar-refractivity contribution >= 4 is 46.6 Å². The molecule has 1 rings (SSSR count). The van der Waals surface area contributed by atoms with Gasteiger partial charge in [-0.15, -0.1) is 0 Å². The van der Waals surface area contributed by atoms with Gasteiger partial charge in [-0.3, -0.25) is 9.78 Å². The summed E-state index contributed by atoms with van der Waals surface area (Å²) in [5.74, 6) is -0.991. The van der Waals surface area contributed by atoms with Crippen LogP contribution in [0.4, 0.5) is 4.39 Å². The number of aromatic amines is 2. The quantitative estimate of drug-likeness (QED) is 0.494. The number of rotatable bonds is 0. The fraction of sp³-hybridized carbons (Fsp3) is 0. The normalized spacial score (nSPS) is 7.73. The van der Waals surface area contributed by atoms with Gasteiger partial charge in [0.25, 0.3) is 5.56 Å². The summed E-state index contributed by atoms with van der Waals surface area (Å²) in [6.07, 6.45) is 0.709. The third-order valence-electron chi connectivity index (χ3n) is 0.774. The molecule has 1 aromatic rings. The molecule has 0 bridgehead atoms. The zero-order valence-electron chi connectivity index (χ0n) is 4.77. The SMILES string of the molecule is O=c1[nH]cc(F)c(=O)[nH]1.[NaH].[SeH2]. The van der Waals surface area contributed by atoms with Crippen LogP contribution in [0.5, 0.6) is 0 Å². The molecule has 0 aliphatic carbocycles. The second kappa shape index (κ2) is 5.74. The molecular weight excluding hydrogens is 229 g/mol. The Morgan fingerprint density at radius 3 is 2.27 bits per heavy atom. The maximum atomic E-state index is 12.0. The van der Waals surface area contributed by atoms with E-state index in [2.05, 4.69) is 0 Å². The van der Waals surface area contributed by atoms with Crippen molar-refractivity contribution in [2.45, 2.75) is 0 Å². The first-order chi connectivity index (χ1) is 4.20. The molecular formula is C4H6FN2NaO2Se. The molecule has 0 saturated heterocycles. The van der Waals surface area contributed by atoms with Gasteiger partial charge in [-0.1, -0.05) is 0 Å². The Balaban J connectivity index is 0. The molecule has 0 radical (unpaired) electrons. The van der Waals surface area contributed by atoms with Crippen molar-refractivity contribution in [1.82, 2.24) is 9.97 Å². The predicted octanol–water partition coefficient (Wildman–Crippen LogP) is -2.36. The van der Waals surface area contributed by atoms with E-state index in [1.165, 1.54) is 0 Å². The number of H-pyrrole nitrogens is 2. The third kappa shape index (κ3) is 3.88. The molecule has 0 fully saturated rings.